The normalized spacial score (nSPS) is 18.0. The van der Waals surface area contributed by atoms with Crippen LogP contribution in [-0.2, 0) is 11.2 Å². The van der Waals surface area contributed by atoms with Crippen molar-refractivity contribution < 1.29 is 9.90 Å². The van der Waals surface area contributed by atoms with E-state index in [0.29, 0.717) is 18.7 Å². The van der Waals surface area contributed by atoms with E-state index in [1.807, 2.05) is 13.0 Å². The molecule has 0 aliphatic carbocycles. The number of carbonyl (C=O) groups excluding carboxylic acids is 1. The van der Waals surface area contributed by atoms with Crippen molar-refractivity contribution in [3.8, 4) is 5.75 Å². The Hall–Kier alpha value is -1.55. The first kappa shape index (κ1) is 11.0. The topological polar surface area (TPSA) is 66.6 Å². The van der Waals surface area contributed by atoms with Crippen molar-refractivity contribution in [3.05, 3.63) is 29.8 Å². The molecule has 1 saturated heterocycles. The number of amides is 1. The second-order valence-corrected chi connectivity index (χ2v) is 4.71. The molecule has 0 unspecified atom stereocenters. The molecule has 1 aliphatic heterocycles. The molecule has 0 bridgehead atoms. The minimum atomic E-state index is -0.242. The largest absolute Gasteiger partial charge is 0.508 e. The molecule has 16 heavy (non-hydrogen) atoms. The lowest BCUT2D eigenvalue weighted by atomic mass is 9.93. The van der Waals surface area contributed by atoms with Crippen LogP contribution in [0.25, 0.3) is 0 Å². The number of hydrogen-bond donors (Lipinski definition) is 2. The quantitative estimate of drug-likeness (QED) is 0.762. The lowest BCUT2D eigenvalue weighted by Gasteiger charge is -2.45. The number of phenolic OH excluding ortho intramolecular Hbond substituents is 1. The molecule has 0 radical (unpaired) electrons. The van der Waals surface area contributed by atoms with Crippen LogP contribution in [0.15, 0.2) is 24.3 Å². The second kappa shape index (κ2) is 3.79. The van der Waals surface area contributed by atoms with Crippen LogP contribution in [-0.4, -0.2) is 34.5 Å². The number of phenols is 1. The van der Waals surface area contributed by atoms with E-state index in [1.54, 1.807) is 23.1 Å². The monoisotopic (exact) mass is 220 g/mol. The summed E-state index contributed by atoms with van der Waals surface area (Å²) < 4.78 is 0. The minimum absolute atomic E-state index is 0.0180. The van der Waals surface area contributed by atoms with E-state index in [-0.39, 0.29) is 23.6 Å². The van der Waals surface area contributed by atoms with Crippen molar-refractivity contribution in [2.75, 3.05) is 13.1 Å². The third-order valence-electron chi connectivity index (χ3n) is 2.79. The minimum Gasteiger partial charge on any atom is -0.508 e. The third-order valence-corrected chi connectivity index (χ3v) is 2.79. The molecule has 1 aromatic carbocycles. The summed E-state index contributed by atoms with van der Waals surface area (Å²) >= 11 is 0. The smallest absolute Gasteiger partial charge is 0.227 e. The van der Waals surface area contributed by atoms with Gasteiger partial charge in [-0.15, -0.1) is 0 Å². The highest BCUT2D eigenvalue weighted by Gasteiger charge is 2.37. The zero-order chi connectivity index (χ0) is 11.8. The molecular formula is C12H16N2O2. The Kier molecular flexibility index (Phi) is 2.59. The Morgan fingerprint density at radius 1 is 1.50 bits per heavy atom. The second-order valence-electron chi connectivity index (χ2n) is 4.71. The van der Waals surface area contributed by atoms with E-state index in [0.717, 1.165) is 0 Å². The highest BCUT2D eigenvalue weighted by Crippen LogP contribution is 2.21. The molecule has 1 aromatic rings. The summed E-state index contributed by atoms with van der Waals surface area (Å²) in [6.07, 6.45) is 0.239. The van der Waals surface area contributed by atoms with Gasteiger partial charge in [0.15, 0.2) is 0 Å². The first-order chi connectivity index (χ1) is 7.48. The molecule has 1 aliphatic rings. The van der Waals surface area contributed by atoms with Gasteiger partial charge >= 0.3 is 0 Å². The van der Waals surface area contributed by atoms with Crippen LogP contribution in [0, 0.1) is 0 Å². The zero-order valence-electron chi connectivity index (χ0n) is 9.31. The molecule has 86 valence electrons. The standard InChI is InChI=1S/C12H16N2O2/c1-12(13)7-14(8-12)11(16)6-9-4-2-3-5-10(9)15/h2-5,15H,6-8,13H2,1H3. The zero-order valence-corrected chi connectivity index (χ0v) is 9.31. The van der Waals surface area contributed by atoms with Crippen molar-refractivity contribution in [1.82, 2.24) is 4.90 Å². The number of aromatic hydroxyl groups is 1. The van der Waals surface area contributed by atoms with Gasteiger partial charge in [0.25, 0.3) is 0 Å². The Morgan fingerprint density at radius 2 is 2.12 bits per heavy atom. The Morgan fingerprint density at radius 3 is 2.69 bits per heavy atom. The molecule has 0 aromatic heterocycles. The highest BCUT2D eigenvalue weighted by molar-refractivity contribution is 5.80. The maximum Gasteiger partial charge on any atom is 0.227 e. The number of benzene rings is 1. The number of nitrogens with zero attached hydrogens (tertiary/aromatic N) is 1. The molecule has 4 heteroatoms. The first-order valence-electron chi connectivity index (χ1n) is 5.31. The Labute approximate surface area is 94.7 Å². The van der Waals surface area contributed by atoms with E-state index in [2.05, 4.69) is 0 Å². The van der Waals surface area contributed by atoms with Crippen LogP contribution >= 0.6 is 0 Å². The molecule has 1 fully saturated rings. The number of rotatable bonds is 2. The molecule has 3 N–H and O–H groups in total. The van der Waals surface area contributed by atoms with Crippen LogP contribution in [0.4, 0.5) is 0 Å². The fraction of sp³-hybridized carbons (Fsp3) is 0.417. The van der Waals surface area contributed by atoms with Crippen LogP contribution in [0.5, 0.6) is 5.75 Å². The Bertz CT molecular complexity index is 407. The summed E-state index contributed by atoms with van der Waals surface area (Å²) in [5.41, 5.74) is 6.25. The fourth-order valence-corrected chi connectivity index (χ4v) is 1.94. The molecule has 0 spiro atoms. The Balaban J connectivity index is 1.96. The van der Waals surface area contributed by atoms with E-state index < -0.39 is 0 Å². The van der Waals surface area contributed by atoms with E-state index >= 15 is 0 Å². The maximum absolute atomic E-state index is 11.8. The molecule has 0 atom stereocenters. The van der Waals surface area contributed by atoms with Crippen LogP contribution in [0.2, 0.25) is 0 Å². The molecule has 2 rings (SSSR count). The van der Waals surface area contributed by atoms with Gasteiger partial charge in [0, 0.05) is 24.2 Å². The van der Waals surface area contributed by atoms with Gasteiger partial charge in [0.2, 0.25) is 5.91 Å². The van der Waals surface area contributed by atoms with Crippen molar-refractivity contribution in [1.29, 1.82) is 0 Å². The number of nitrogens with two attached hydrogens (primary N) is 1. The third kappa shape index (κ3) is 2.17. The number of hydrogen-bond acceptors (Lipinski definition) is 3. The molecule has 1 heterocycles. The van der Waals surface area contributed by atoms with Gasteiger partial charge in [-0.3, -0.25) is 4.79 Å². The van der Waals surface area contributed by atoms with Gasteiger partial charge < -0.3 is 15.7 Å². The summed E-state index contributed by atoms with van der Waals surface area (Å²) in [6.45, 7) is 3.12. The van der Waals surface area contributed by atoms with Gasteiger partial charge in [-0.25, -0.2) is 0 Å². The maximum atomic E-state index is 11.8. The van der Waals surface area contributed by atoms with Crippen molar-refractivity contribution in [3.63, 3.8) is 0 Å². The van der Waals surface area contributed by atoms with Crippen LogP contribution in [0.3, 0.4) is 0 Å². The SMILES string of the molecule is CC1(N)CN(C(=O)Cc2ccccc2O)C1. The van der Waals surface area contributed by atoms with Gasteiger partial charge in [0.05, 0.1) is 6.42 Å². The predicted octanol–water partition coefficient (Wildman–Crippen LogP) is 0.494. The van der Waals surface area contributed by atoms with E-state index in [9.17, 15) is 9.90 Å². The van der Waals surface area contributed by atoms with Gasteiger partial charge in [0.1, 0.15) is 5.75 Å². The number of likely N-dealkylation sites (tertiary alicyclic amines) is 1. The number of carbonyl (C=O) groups is 1. The van der Waals surface area contributed by atoms with Crippen molar-refractivity contribution in [2.45, 2.75) is 18.9 Å². The van der Waals surface area contributed by atoms with Crippen molar-refractivity contribution in [2.24, 2.45) is 5.73 Å². The summed E-state index contributed by atoms with van der Waals surface area (Å²) in [6, 6.07) is 6.90. The predicted molar refractivity (Wildman–Crippen MR) is 61.0 cm³/mol. The van der Waals surface area contributed by atoms with E-state index in [1.165, 1.54) is 0 Å². The molecule has 0 saturated carbocycles. The van der Waals surface area contributed by atoms with E-state index in [4.69, 9.17) is 5.73 Å². The fourth-order valence-electron chi connectivity index (χ4n) is 1.94. The summed E-state index contributed by atoms with van der Waals surface area (Å²) in [4.78, 5) is 13.5. The summed E-state index contributed by atoms with van der Waals surface area (Å²) in [7, 11) is 0. The van der Waals surface area contributed by atoms with Gasteiger partial charge in [-0.05, 0) is 13.0 Å². The average Bonchev–Trinajstić information content (AvgIpc) is 2.17. The molecule has 4 nitrogen and oxygen atoms in total. The van der Waals surface area contributed by atoms with Gasteiger partial charge in [-0.1, -0.05) is 18.2 Å². The molecule has 1 amide bonds. The highest BCUT2D eigenvalue weighted by atomic mass is 16.3. The van der Waals surface area contributed by atoms with Crippen LogP contribution < -0.4 is 5.73 Å². The van der Waals surface area contributed by atoms with Gasteiger partial charge in [-0.2, -0.15) is 0 Å². The summed E-state index contributed by atoms with van der Waals surface area (Å²) in [5.74, 6) is 0.191. The summed E-state index contributed by atoms with van der Waals surface area (Å²) in [5, 5.41) is 9.54. The lowest BCUT2D eigenvalue weighted by molar-refractivity contribution is -0.137. The van der Waals surface area contributed by atoms with Crippen molar-refractivity contribution >= 4 is 5.91 Å². The first-order valence-corrected chi connectivity index (χ1v) is 5.31. The lowest BCUT2D eigenvalue weighted by Crippen LogP contribution is -2.67. The van der Waals surface area contributed by atoms with Crippen LogP contribution in [0.1, 0.15) is 12.5 Å². The molecular weight excluding hydrogens is 204 g/mol. The number of para-hydroxylation sites is 1. The average molecular weight is 220 g/mol.